The van der Waals surface area contributed by atoms with Gasteiger partial charge in [0.05, 0.1) is 5.69 Å². The van der Waals surface area contributed by atoms with Gasteiger partial charge in [0.2, 0.25) is 0 Å². The van der Waals surface area contributed by atoms with Gasteiger partial charge in [0, 0.05) is 11.8 Å². The fraction of sp³-hybridized carbons (Fsp3) is 0. The number of hydrogen-bond donors (Lipinski definition) is 2. The Morgan fingerprint density at radius 2 is 2.06 bits per heavy atom. The Morgan fingerprint density at radius 1 is 1.33 bits per heavy atom. The van der Waals surface area contributed by atoms with Crippen LogP contribution in [0, 0.1) is 5.82 Å². The molecule has 4 N–H and O–H groups in total. The minimum absolute atomic E-state index is 0.0422. The number of amides is 1. The van der Waals surface area contributed by atoms with Crippen molar-refractivity contribution in [2.45, 2.75) is 0 Å². The lowest BCUT2D eigenvalue weighted by Gasteiger charge is -2.08. The Kier molecular flexibility index (Phi) is 3.07. The molecular formula is C11H9FN4OS. The highest BCUT2D eigenvalue weighted by atomic mass is 32.1. The van der Waals surface area contributed by atoms with E-state index < -0.39 is 11.7 Å². The summed E-state index contributed by atoms with van der Waals surface area (Å²) in [5.41, 5.74) is 11.5. The monoisotopic (exact) mass is 264 g/mol. The largest absolute Gasteiger partial charge is 0.389 e. The molecule has 1 amide bonds. The van der Waals surface area contributed by atoms with Gasteiger partial charge in [-0.2, -0.15) is 5.10 Å². The third-order valence-corrected chi connectivity index (χ3v) is 2.53. The minimum atomic E-state index is -0.646. The first kappa shape index (κ1) is 12.2. The quantitative estimate of drug-likeness (QED) is 0.801. The summed E-state index contributed by atoms with van der Waals surface area (Å²) in [5, 5.41) is 3.96. The Hall–Kier alpha value is -2.28. The molecule has 2 aromatic rings. The van der Waals surface area contributed by atoms with Crippen LogP contribution >= 0.6 is 12.2 Å². The number of thiocarbonyl (C=S) groups is 1. The number of carbonyl (C=O) groups is 1. The number of rotatable bonds is 3. The molecule has 0 aliphatic carbocycles. The zero-order valence-corrected chi connectivity index (χ0v) is 9.95. The summed E-state index contributed by atoms with van der Waals surface area (Å²) in [7, 11) is 0. The van der Waals surface area contributed by atoms with Crippen LogP contribution in [0.2, 0.25) is 0 Å². The molecule has 0 saturated carbocycles. The first-order chi connectivity index (χ1) is 8.49. The molecule has 1 aromatic heterocycles. The van der Waals surface area contributed by atoms with E-state index in [-0.39, 0.29) is 10.7 Å². The highest BCUT2D eigenvalue weighted by Crippen LogP contribution is 2.16. The van der Waals surface area contributed by atoms with Crippen molar-refractivity contribution in [3.8, 4) is 5.69 Å². The van der Waals surface area contributed by atoms with Gasteiger partial charge < -0.3 is 11.5 Å². The third kappa shape index (κ3) is 2.21. The number of nitrogens with zero attached hydrogens (tertiary/aromatic N) is 2. The van der Waals surface area contributed by atoms with E-state index in [9.17, 15) is 9.18 Å². The number of aromatic nitrogens is 2. The Balaban J connectivity index is 2.55. The average molecular weight is 264 g/mol. The normalized spacial score (nSPS) is 10.3. The molecule has 0 unspecified atom stereocenters. The number of carbonyl (C=O) groups excluding carboxylic acids is 1. The molecule has 92 valence electrons. The van der Waals surface area contributed by atoms with E-state index >= 15 is 0 Å². The summed E-state index contributed by atoms with van der Waals surface area (Å²) < 4.78 is 14.5. The van der Waals surface area contributed by atoms with Gasteiger partial charge in [-0.3, -0.25) is 4.79 Å². The molecule has 1 heterocycles. The zero-order chi connectivity index (χ0) is 13.3. The Morgan fingerprint density at radius 3 is 2.61 bits per heavy atom. The van der Waals surface area contributed by atoms with Crippen LogP contribution in [0.15, 0.2) is 30.5 Å². The topological polar surface area (TPSA) is 86.9 Å². The molecule has 0 atom stereocenters. The van der Waals surface area contributed by atoms with Crippen LogP contribution in [-0.4, -0.2) is 20.7 Å². The third-order valence-electron chi connectivity index (χ3n) is 2.31. The lowest BCUT2D eigenvalue weighted by molar-refractivity contribution is 0.0995. The van der Waals surface area contributed by atoms with E-state index in [4.69, 9.17) is 23.7 Å². The summed E-state index contributed by atoms with van der Waals surface area (Å²) >= 11 is 4.85. The number of halogens is 1. The second kappa shape index (κ2) is 4.53. The SMILES string of the molecule is NC(=O)c1ccn(-c2ccc(F)cc2C(N)=S)n1. The van der Waals surface area contributed by atoms with Gasteiger partial charge in [0.1, 0.15) is 16.5 Å². The van der Waals surface area contributed by atoms with E-state index in [0.29, 0.717) is 11.3 Å². The van der Waals surface area contributed by atoms with E-state index in [2.05, 4.69) is 5.10 Å². The molecule has 1 aromatic carbocycles. The van der Waals surface area contributed by atoms with Crippen molar-refractivity contribution in [2.75, 3.05) is 0 Å². The van der Waals surface area contributed by atoms with Gasteiger partial charge in [0.15, 0.2) is 0 Å². The Labute approximate surface area is 107 Å². The number of primary amides is 1. The lowest BCUT2D eigenvalue weighted by atomic mass is 10.1. The maximum absolute atomic E-state index is 13.1. The van der Waals surface area contributed by atoms with Gasteiger partial charge >= 0.3 is 0 Å². The molecule has 0 fully saturated rings. The number of nitrogens with two attached hydrogens (primary N) is 2. The van der Waals surface area contributed by atoms with Crippen molar-refractivity contribution in [3.63, 3.8) is 0 Å². The smallest absolute Gasteiger partial charge is 0.269 e. The van der Waals surface area contributed by atoms with Gasteiger partial charge in [-0.1, -0.05) is 12.2 Å². The predicted molar refractivity (Wildman–Crippen MR) is 67.9 cm³/mol. The maximum Gasteiger partial charge on any atom is 0.269 e. The minimum Gasteiger partial charge on any atom is -0.389 e. The average Bonchev–Trinajstić information content (AvgIpc) is 2.78. The zero-order valence-electron chi connectivity index (χ0n) is 9.13. The van der Waals surface area contributed by atoms with Crippen molar-refractivity contribution < 1.29 is 9.18 Å². The van der Waals surface area contributed by atoms with E-state index in [0.717, 1.165) is 0 Å². The number of hydrogen-bond acceptors (Lipinski definition) is 3. The van der Waals surface area contributed by atoms with Crippen LogP contribution in [0.5, 0.6) is 0 Å². The van der Waals surface area contributed by atoms with Crippen LogP contribution in [0.4, 0.5) is 4.39 Å². The van der Waals surface area contributed by atoms with Crippen molar-refractivity contribution >= 4 is 23.1 Å². The van der Waals surface area contributed by atoms with Gasteiger partial charge in [-0.15, -0.1) is 0 Å². The molecule has 2 rings (SSSR count). The molecule has 7 heteroatoms. The van der Waals surface area contributed by atoms with Crippen molar-refractivity contribution in [2.24, 2.45) is 11.5 Å². The van der Waals surface area contributed by atoms with E-state index in [1.807, 2.05) is 0 Å². The highest BCUT2D eigenvalue weighted by molar-refractivity contribution is 7.80. The summed E-state index contributed by atoms with van der Waals surface area (Å²) in [6, 6.07) is 5.39. The fourth-order valence-corrected chi connectivity index (χ4v) is 1.66. The van der Waals surface area contributed by atoms with E-state index in [1.165, 1.54) is 35.1 Å². The van der Waals surface area contributed by atoms with Crippen LogP contribution < -0.4 is 11.5 Å². The van der Waals surface area contributed by atoms with Crippen LogP contribution in [0.1, 0.15) is 16.1 Å². The van der Waals surface area contributed by atoms with Crippen LogP contribution in [0.3, 0.4) is 0 Å². The van der Waals surface area contributed by atoms with E-state index in [1.54, 1.807) is 0 Å². The second-order valence-electron chi connectivity index (χ2n) is 3.54. The van der Waals surface area contributed by atoms with Gasteiger partial charge in [0.25, 0.3) is 5.91 Å². The van der Waals surface area contributed by atoms with Crippen LogP contribution in [-0.2, 0) is 0 Å². The number of benzene rings is 1. The first-order valence-corrected chi connectivity index (χ1v) is 5.35. The predicted octanol–water partition coefficient (Wildman–Crippen LogP) is 0.745. The Bertz CT molecular complexity index is 638. The molecule has 0 saturated heterocycles. The first-order valence-electron chi connectivity index (χ1n) is 4.94. The molecule has 0 spiro atoms. The molecular weight excluding hydrogens is 255 g/mol. The maximum atomic E-state index is 13.1. The van der Waals surface area contributed by atoms with Gasteiger partial charge in [-0.05, 0) is 24.3 Å². The summed E-state index contributed by atoms with van der Waals surface area (Å²) in [5.74, 6) is -1.10. The molecule has 0 aliphatic heterocycles. The molecule has 0 bridgehead atoms. The second-order valence-corrected chi connectivity index (χ2v) is 3.98. The standard InChI is InChI=1S/C11H9FN4OS/c12-6-1-2-9(7(5-6)11(14)18)16-4-3-8(15-16)10(13)17/h1-5H,(H2,13,17)(H2,14,18). The van der Waals surface area contributed by atoms with Crippen LogP contribution in [0.25, 0.3) is 5.69 Å². The van der Waals surface area contributed by atoms with Crippen molar-refractivity contribution in [1.82, 2.24) is 9.78 Å². The summed E-state index contributed by atoms with van der Waals surface area (Å²) in [4.78, 5) is 11.0. The van der Waals surface area contributed by atoms with Crippen molar-refractivity contribution in [1.29, 1.82) is 0 Å². The molecule has 0 radical (unpaired) electrons. The highest BCUT2D eigenvalue weighted by Gasteiger charge is 2.11. The fourth-order valence-electron chi connectivity index (χ4n) is 1.49. The molecule has 5 nitrogen and oxygen atoms in total. The van der Waals surface area contributed by atoms with Crippen molar-refractivity contribution in [3.05, 3.63) is 47.5 Å². The molecule has 18 heavy (non-hydrogen) atoms. The molecule has 0 aliphatic rings. The summed E-state index contributed by atoms with van der Waals surface area (Å²) in [6.07, 6.45) is 1.52. The van der Waals surface area contributed by atoms with Gasteiger partial charge in [-0.25, -0.2) is 9.07 Å². The lowest BCUT2D eigenvalue weighted by Crippen LogP contribution is -2.15. The summed E-state index contributed by atoms with van der Waals surface area (Å²) in [6.45, 7) is 0.